The number of carbonyl (C=O) groups is 1. The van der Waals surface area contributed by atoms with Crippen LogP contribution in [0.15, 0.2) is 4.99 Å². The minimum absolute atomic E-state index is 0.139. The molecule has 98 valence electrons. The first-order valence-electron chi connectivity index (χ1n) is 5.57. The molecule has 1 rings (SSSR count). The summed E-state index contributed by atoms with van der Waals surface area (Å²) in [5.74, 6) is -0.859. The molecule has 0 aromatic heterocycles. The van der Waals surface area contributed by atoms with E-state index < -0.39 is 5.97 Å². The molecular weight excluding hydrogens is 224 g/mol. The molecule has 1 heterocycles. The molecule has 0 amide bonds. The minimum atomic E-state index is -0.998. The maximum absolute atomic E-state index is 10.3. The van der Waals surface area contributed by atoms with Crippen LogP contribution in [0, 0.1) is 0 Å². The lowest BCUT2D eigenvalue weighted by Crippen LogP contribution is -2.55. The number of nitrogens with two attached hydrogens (primary N) is 2. The van der Waals surface area contributed by atoms with Crippen molar-refractivity contribution in [2.45, 2.75) is 0 Å². The molecule has 0 saturated carbocycles. The molecule has 0 unspecified atom stereocenters. The Bertz CT molecular complexity index is 275. The lowest BCUT2D eigenvalue weighted by atomic mass is 10.3. The van der Waals surface area contributed by atoms with Crippen molar-refractivity contribution in [2.75, 3.05) is 45.8 Å². The Labute approximate surface area is 100 Å². The van der Waals surface area contributed by atoms with Crippen molar-refractivity contribution in [1.82, 2.24) is 15.3 Å². The van der Waals surface area contributed by atoms with Crippen LogP contribution in [-0.2, 0) is 4.79 Å². The maximum Gasteiger partial charge on any atom is 0.325 e. The Morgan fingerprint density at radius 3 is 2.53 bits per heavy atom. The summed E-state index contributed by atoms with van der Waals surface area (Å²) < 4.78 is 0. The number of carboxylic acid groups (broad SMARTS) is 1. The van der Waals surface area contributed by atoms with Crippen molar-refractivity contribution in [2.24, 2.45) is 16.5 Å². The van der Waals surface area contributed by atoms with E-state index in [9.17, 15) is 4.79 Å². The molecule has 1 fully saturated rings. The van der Waals surface area contributed by atoms with Gasteiger partial charge in [0.1, 0.15) is 6.54 Å². The number of hydrogen-bond donors (Lipinski definition) is 4. The zero-order chi connectivity index (χ0) is 12.7. The fourth-order valence-corrected chi connectivity index (χ4v) is 1.62. The number of hydrazine groups is 1. The lowest BCUT2D eigenvalue weighted by molar-refractivity contribution is -0.135. The molecule has 0 aromatic rings. The summed E-state index contributed by atoms with van der Waals surface area (Å²) >= 11 is 0. The highest BCUT2D eigenvalue weighted by atomic mass is 16.4. The number of nitrogens with one attached hydrogen (secondary N) is 1. The Balaban J connectivity index is 2.25. The number of guanidine groups is 1. The minimum Gasteiger partial charge on any atom is -0.480 e. The van der Waals surface area contributed by atoms with Gasteiger partial charge in [-0.25, -0.2) is 10.0 Å². The van der Waals surface area contributed by atoms with E-state index in [1.165, 1.54) is 0 Å². The standard InChI is InChI=1S/C9H20N6O2/c10-1-2-14-3-5-15(6-4-14)13-9(11)12-7-8(16)17/h1-7,10H2,(H,16,17)(H3,11,12,13). The van der Waals surface area contributed by atoms with Crippen molar-refractivity contribution in [3.05, 3.63) is 0 Å². The van der Waals surface area contributed by atoms with Gasteiger partial charge < -0.3 is 16.6 Å². The number of piperazine rings is 1. The molecule has 6 N–H and O–H groups in total. The Kier molecular flexibility index (Phi) is 5.67. The van der Waals surface area contributed by atoms with Gasteiger partial charge in [0.25, 0.3) is 0 Å². The van der Waals surface area contributed by atoms with Crippen LogP contribution >= 0.6 is 0 Å². The topological polar surface area (TPSA) is 120 Å². The van der Waals surface area contributed by atoms with Crippen LogP contribution in [0.4, 0.5) is 0 Å². The molecule has 1 aliphatic heterocycles. The van der Waals surface area contributed by atoms with Crippen molar-refractivity contribution in [1.29, 1.82) is 0 Å². The summed E-state index contributed by atoms with van der Waals surface area (Å²) in [5.41, 5.74) is 13.9. The third-order valence-corrected chi connectivity index (χ3v) is 2.47. The predicted molar refractivity (Wildman–Crippen MR) is 64.3 cm³/mol. The summed E-state index contributed by atoms with van der Waals surface area (Å²) in [5, 5.41) is 10.4. The van der Waals surface area contributed by atoms with Gasteiger partial charge in [-0.1, -0.05) is 0 Å². The van der Waals surface area contributed by atoms with Gasteiger partial charge in [-0.15, -0.1) is 0 Å². The third-order valence-electron chi connectivity index (χ3n) is 2.47. The Morgan fingerprint density at radius 1 is 1.35 bits per heavy atom. The molecule has 0 aliphatic carbocycles. The van der Waals surface area contributed by atoms with Gasteiger partial charge in [0, 0.05) is 39.3 Å². The second-order valence-corrected chi connectivity index (χ2v) is 3.82. The molecule has 0 atom stereocenters. The van der Waals surface area contributed by atoms with Crippen molar-refractivity contribution < 1.29 is 9.90 Å². The number of hydrogen-bond acceptors (Lipinski definition) is 5. The molecule has 8 nitrogen and oxygen atoms in total. The summed E-state index contributed by atoms with van der Waals surface area (Å²) in [6.07, 6.45) is 0. The maximum atomic E-state index is 10.3. The largest absolute Gasteiger partial charge is 0.480 e. The number of aliphatic carboxylic acids is 1. The first-order chi connectivity index (χ1) is 8.11. The van der Waals surface area contributed by atoms with Crippen LogP contribution in [0.5, 0.6) is 0 Å². The number of rotatable bonds is 5. The predicted octanol–water partition coefficient (Wildman–Crippen LogP) is -2.53. The molecule has 0 bridgehead atoms. The van der Waals surface area contributed by atoms with Crippen LogP contribution in [0.3, 0.4) is 0 Å². The fraction of sp³-hybridized carbons (Fsp3) is 0.778. The van der Waals surface area contributed by atoms with Crippen molar-refractivity contribution in [3.8, 4) is 0 Å². The first-order valence-corrected chi connectivity index (χ1v) is 5.57. The monoisotopic (exact) mass is 244 g/mol. The number of aliphatic imine (C=N–C) groups is 1. The van der Waals surface area contributed by atoms with Gasteiger partial charge in [0.2, 0.25) is 5.96 Å². The third kappa shape index (κ3) is 5.48. The highest BCUT2D eigenvalue weighted by molar-refractivity contribution is 5.80. The van der Waals surface area contributed by atoms with Crippen molar-refractivity contribution in [3.63, 3.8) is 0 Å². The number of nitrogens with zero attached hydrogens (tertiary/aromatic N) is 3. The highest BCUT2D eigenvalue weighted by Crippen LogP contribution is 1.97. The van der Waals surface area contributed by atoms with E-state index in [1.54, 1.807) is 0 Å². The van der Waals surface area contributed by atoms with Crippen LogP contribution in [0.1, 0.15) is 0 Å². The summed E-state index contributed by atoms with van der Waals surface area (Å²) in [6.45, 7) is 4.69. The molecule has 0 aromatic carbocycles. The Hall–Kier alpha value is -1.38. The summed E-state index contributed by atoms with van der Waals surface area (Å²) in [6, 6.07) is 0. The van der Waals surface area contributed by atoms with Crippen molar-refractivity contribution >= 4 is 11.9 Å². The number of carboxylic acids is 1. The molecule has 17 heavy (non-hydrogen) atoms. The average molecular weight is 244 g/mol. The van der Waals surface area contributed by atoms with E-state index in [2.05, 4.69) is 15.3 Å². The lowest BCUT2D eigenvalue weighted by Gasteiger charge is -2.34. The van der Waals surface area contributed by atoms with Gasteiger partial charge in [-0.2, -0.15) is 0 Å². The quantitative estimate of drug-likeness (QED) is 0.311. The smallest absolute Gasteiger partial charge is 0.325 e. The van der Waals surface area contributed by atoms with Crippen LogP contribution in [0.2, 0.25) is 0 Å². The molecule has 1 saturated heterocycles. The van der Waals surface area contributed by atoms with E-state index in [0.717, 1.165) is 32.7 Å². The summed E-state index contributed by atoms with van der Waals surface area (Å²) in [7, 11) is 0. The van der Waals surface area contributed by atoms with Gasteiger partial charge in [0.15, 0.2) is 0 Å². The van der Waals surface area contributed by atoms with Crippen LogP contribution in [0.25, 0.3) is 0 Å². The normalized spacial score (nSPS) is 19.2. The summed E-state index contributed by atoms with van der Waals surface area (Å²) in [4.78, 5) is 16.2. The van der Waals surface area contributed by atoms with Crippen LogP contribution in [-0.4, -0.2) is 72.8 Å². The van der Waals surface area contributed by atoms with Gasteiger partial charge in [-0.3, -0.25) is 15.1 Å². The first kappa shape index (κ1) is 13.7. The van der Waals surface area contributed by atoms with Gasteiger partial charge in [-0.05, 0) is 0 Å². The Morgan fingerprint density at radius 2 is 2.00 bits per heavy atom. The van der Waals surface area contributed by atoms with E-state index >= 15 is 0 Å². The fourth-order valence-electron chi connectivity index (χ4n) is 1.62. The molecular formula is C9H20N6O2. The van der Waals surface area contributed by atoms with Gasteiger partial charge in [0.05, 0.1) is 0 Å². The molecule has 8 heteroatoms. The zero-order valence-corrected chi connectivity index (χ0v) is 9.80. The SMILES string of the molecule is NCCN1CCN(NC(N)=NCC(=O)O)CC1. The van der Waals surface area contributed by atoms with Crippen LogP contribution < -0.4 is 16.9 Å². The van der Waals surface area contributed by atoms with Gasteiger partial charge >= 0.3 is 5.97 Å². The average Bonchev–Trinajstić information content (AvgIpc) is 2.29. The van der Waals surface area contributed by atoms with E-state index in [4.69, 9.17) is 16.6 Å². The molecule has 0 radical (unpaired) electrons. The zero-order valence-electron chi connectivity index (χ0n) is 9.80. The van der Waals surface area contributed by atoms with E-state index in [1.807, 2.05) is 5.01 Å². The second-order valence-electron chi connectivity index (χ2n) is 3.82. The molecule has 1 aliphatic rings. The second kappa shape index (κ2) is 7.05. The van der Waals surface area contributed by atoms with E-state index in [0.29, 0.717) is 6.54 Å². The molecule has 0 spiro atoms. The van der Waals surface area contributed by atoms with E-state index in [-0.39, 0.29) is 12.5 Å². The highest BCUT2D eigenvalue weighted by Gasteiger charge is 2.16.